The van der Waals surface area contributed by atoms with Crippen LogP contribution in [0.3, 0.4) is 0 Å². The quantitative estimate of drug-likeness (QED) is 0.840. The molecule has 3 heterocycles. The van der Waals surface area contributed by atoms with Gasteiger partial charge in [-0.15, -0.1) is 5.10 Å². The molecule has 0 aromatic carbocycles. The lowest BCUT2D eigenvalue weighted by Crippen LogP contribution is -2.46. The number of aromatic nitrogens is 3. The van der Waals surface area contributed by atoms with Crippen LogP contribution in [0.1, 0.15) is 43.5 Å². The van der Waals surface area contributed by atoms with Crippen molar-refractivity contribution in [3.05, 3.63) is 11.4 Å². The molecule has 0 spiro atoms. The Morgan fingerprint density at radius 1 is 1.12 bits per heavy atom. The van der Waals surface area contributed by atoms with Gasteiger partial charge in [-0.1, -0.05) is 5.21 Å². The standard InChI is InChI=1S/C16H23F2N5O/c17-16(18)8-12(9-16)15(24)22-6-3-7-23-14(11-22)13(19-20-23)10-21-4-1-2-5-21/h12H,1-11H2. The third kappa shape index (κ3) is 3.03. The zero-order valence-electron chi connectivity index (χ0n) is 13.8. The average Bonchev–Trinajstić information content (AvgIpc) is 3.10. The minimum atomic E-state index is -2.66. The predicted molar refractivity (Wildman–Crippen MR) is 82.2 cm³/mol. The van der Waals surface area contributed by atoms with E-state index in [9.17, 15) is 13.6 Å². The van der Waals surface area contributed by atoms with Crippen LogP contribution in [0.2, 0.25) is 0 Å². The largest absolute Gasteiger partial charge is 0.336 e. The molecule has 1 aromatic rings. The Bertz CT molecular complexity index is 618. The van der Waals surface area contributed by atoms with E-state index in [4.69, 9.17) is 0 Å². The first-order valence-electron chi connectivity index (χ1n) is 8.82. The molecule has 132 valence electrons. The van der Waals surface area contributed by atoms with Gasteiger partial charge in [-0.2, -0.15) is 0 Å². The molecule has 1 aromatic heterocycles. The van der Waals surface area contributed by atoms with Gasteiger partial charge in [-0.3, -0.25) is 9.69 Å². The maximum atomic E-state index is 13.1. The number of hydrogen-bond acceptors (Lipinski definition) is 4. The van der Waals surface area contributed by atoms with E-state index in [1.54, 1.807) is 4.90 Å². The molecule has 0 bridgehead atoms. The number of likely N-dealkylation sites (tertiary alicyclic amines) is 1. The fourth-order valence-corrected chi connectivity index (χ4v) is 3.95. The highest BCUT2D eigenvalue weighted by Gasteiger charge is 2.49. The first-order valence-corrected chi connectivity index (χ1v) is 8.82. The van der Waals surface area contributed by atoms with Crippen molar-refractivity contribution in [3.8, 4) is 0 Å². The number of hydrogen-bond donors (Lipinski definition) is 0. The van der Waals surface area contributed by atoms with Crippen molar-refractivity contribution >= 4 is 5.91 Å². The van der Waals surface area contributed by atoms with Crippen LogP contribution in [-0.2, 0) is 24.4 Å². The highest BCUT2D eigenvalue weighted by molar-refractivity contribution is 5.80. The van der Waals surface area contributed by atoms with Gasteiger partial charge in [0.15, 0.2) is 0 Å². The molecule has 6 nitrogen and oxygen atoms in total. The Hall–Kier alpha value is -1.57. The van der Waals surface area contributed by atoms with Crippen LogP contribution < -0.4 is 0 Å². The number of halogens is 2. The summed E-state index contributed by atoms with van der Waals surface area (Å²) in [6.45, 7) is 4.69. The molecule has 1 saturated heterocycles. The normalized spacial score (nSPS) is 24.5. The van der Waals surface area contributed by atoms with E-state index in [1.165, 1.54) is 12.8 Å². The number of carbonyl (C=O) groups excluding carboxylic acids is 1. The second kappa shape index (κ2) is 6.06. The van der Waals surface area contributed by atoms with E-state index in [0.29, 0.717) is 13.1 Å². The predicted octanol–water partition coefficient (Wildman–Crippen LogP) is 1.65. The number of amides is 1. The molecule has 4 rings (SSSR count). The van der Waals surface area contributed by atoms with Gasteiger partial charge in [-0.25, -0.2) is 13.5 Å². The van der Waals surface area contributed by atoms with Crippen molar-refractivity contribution in [2.75, 3.05) is 19.6 Å². The molecule has 1 amide bonds. The van der Waals surface area contributed by atoms with Crippen LogP contribution in [0.5, 0.6) is 0 Å². The smallest absolute Gasteiger partial charge is 0.249 e. The molecular formula is C16H23F2N5O. The Morgan fingerprint density at radius 3 is 2.58 bits per heavy atom. The van der Waals surface area contributed by atoms with Crippen LogP contribution in [-0.4, -0.2) is 56.3 Å². The summed E-state index contributed by atoms with van der Waals surface area (Å²) in [4.78, 5) is 16.6. The number of rotatable bonds is 3. The fraction of sp³-hybridized carbons (Fsp3) is 0.812. The molecule has 0 radical (unpaired) electrons. The summed E-state index contributed by atoms with van der Waals surface area (Å²) in [5.74, 6) is -3.32. The molecule has 1 aliphatic carbocycles. The highest BCUT2D eigenvalue weighted by atomic mass is 19.3. The lowest BCUT2D eigenvalue weighted by atomic mass is 9.80. The minimum Gasteiger partial charge on any atom is -0.336 e. The third-order valence-electron chi connectivity index (χ3n) is 5.38. The molecule has 3 aliphatic rings. The summed E-state index contributed by atoms with van der Waals surface area (Å²) in [5, 5.41) is 8.55. The molecule has 24 heavy (non-hydrogen) atoms. The molecular weight excluding hydrogens is 316 g/mol. The third-order valence-corrected chi connectivity index (χ3v) is 5.38. The summed E-state index contributed by atoms with van der Waals surface area (Å²) < 4.78 is 28.0. The van der Waals surface area contributed by atoms with Crippen LogP contribution >= 0.6 is 0 Å². The Balaban J connectivity index is 1.47. The lowest BCUT2D eigenvalue weighted by Gasteiger charge is -2.36. The SMILES string of the molecule is O=C(C1CC(F)(F)C1)N1CCCn2nnc(CN3CCCC3)c2C1. The number of carbonyl (C=O) groups is 1. The van der Waals surface area contributed by atoms with Crippen LogP contribution in [0.4, 0.5) is 8.78 Å². The highest BCUT2D eigenvalue weighted by Crippen LogP contribution is 2.43. The van der Waals surface area contributed by atoms with Crippen LogP contribution in [0, 0.1) is 5.92 Å². The summed E-state index contributed by atoms with van der Waals surface area (Å²) in [6, 6.07) is 0. The Labute approximate surface area is 139 Å². The van der Waals surface area contributed by atoms with E-state index in [-0.39, 0.29) is 18.7 Å². The average molecular weight is 339 g/mol. The monoisotopic (exact) mass is 339 g/mol. The van der Waals surface area contributed by atoms with E-state index in [1.807, 2.05) is 4.68 Å². The van der Waals surface area contributed by atoms with Gasteiger partial charge in [0.25, 0.3) is 0 Å². The van der Waals surface area contributed by atoms with Gasteiger partial charge in [0.1, 0.15) is 5.69 Å². The summed E-state index contributed by atoms with van der Waals surface area (Å²) in [6.07, 6.45) is 2.60. The molecule has 0 N–H and O–H groups in total. The van der Waals surface area contributed by atoms with Gasteiger partial charge in [0.2, 0.25) is 11.8 Å². The number of aryl methyl sites for hydroxylation is 1. The number of nitrogens with zero attached hydrogens (tertiary/aromatic N) is 5. The van der Waals surface area contributed by atoms with Gasteiger partial charge < -0.3 is 4.90 Å². The zero-order valence-corrected chi connectivity index (χ0v) is 13.8. The van der Waals surface area contributed by atoms with E-state index < -0.39 is 11.8 Å². The Morgan fingerprint density at radius 2 is 1.88 bits per heavy atom. The van der Waals surface area contributed by atoms with Crippen molar-refractivity contribution < 1.29 is 13.6 Å². The van der Waals surface area contributed by atoms with Gasteiger partial charge in [0.05, 0.1) is 12.2 Å². The summed E-state index contributed by atoms with van der Waals surface area (Å²) in [7, 11) is 0. The lowest BCUT2D eigenvalue weighted by molar-refractivity contribution is -0.160. The van der Waals surface area contributed by atoms with Crippen molar-refractivity contribution in [2.45, 2.75) is 57.7 Å². The number of alkyl halides is 2. The zero-order chi connectivity index (χ0) is 16.7. The fourth-order valence-electron chi connectivity index (χ4n) is 3.95. The number of fused-ring (bicyclic) bond motifs is 1. The maximum Gasteiger partial charge on any atom is 0.249 e. The Kier molecular flexibility index (Phi) is 4.02. The molecule has 2 fully saturated rings. The minimum absolute atomic E-state index is 0.136. The van der Waals surface area contributed by atoms with E-state index in [0.717, 1.165) is 44.0 Å². The van der Waals surface area contributed by atoms with E-state index >= 15 is 0 Å². The second-order valence-electron chi connectivity index (χ2n) is 7.26. The van der Waals surface area contributed by atoms with Crippen LogP contribution in [0.15, 0.2) is 0 Å². The molecule has 8 heteroatoms. The van der Waals surface area contributed by atoms with Gasteiger partial charge in [0, 0.05) is 38.4 Å². The molecule has 0 unspecified atom stereocenters. The maximum absolute atomic E-state index is 13.1. The van der Waals surface area contributed by atoms with Crippen molar-refractivity contribution in [2.24, 2.45) is 5.92 Å². The first-order chi connectivity index (χ1) is 11.5. The van der Waals surface area contributed by atoms with Crippen LogP contribution in [0.25, 0.3) is 0 Å². The van der Waals surface area contributed by atoms with Crippen molar-refractivity contribution in [1.82, 2.24) is 24.8 Å². The van der Waals surface area contributed by atoms with Gasteiger partial charge >= 0.3 is 0 Å². The van der Waals surface area contributed by atoms with Gasteiger partial charge in [-0.05, 0) is 32.4 Å². The second-order valence-corrected chi connectivity index (χ2v) is 7.26. The topological polar surface area (TPSA) is 54.3 Å². The van der Waals surface area contributed by atoms with E-state index in [2.05, 4.69) is 15.2 Å². The molecule has 0 atom stereocenters. The first kappa shape index (κ1) is 15.9. The molecule has 2 aliphatic heterocycles. The van der Waals surface area contributed by atoms with Crippen molar-refractivity contribution in [1.29, 1.82) is 0 Å². The summed E-state index contributed by atoms with van der Waals surface area (Å²) in [5.41, 5.74) is 1.90. The van der Waals surface area contributed by atoms with Crippen molar-refractivity contribution in [3.63, 3.8) is 0 Å². The summed E-state index contributed by atoms with van der Waals surface area (Å²) >= 11 is 0. The molecule has 1 saturated carbocycles.